The second-order valence-corrected chi connectivity index (χ2v) is 13.2. The van der Waals surface area contributed by atoms with Crippen molar-refractivity contribution in [3.05, 3.63) is 0 Å². The van der Waals surface area contributed by atoms with Crippen LogP contribution in [0.5, 0.6) is 0 Å². The Bertz CT molecular complexity index is 881. The summed E-state index contributed by atoms with van der Waals surface area (Å²) < 4.78 is 31.5. The van der Waals surface area contributed by atoms with Crippen molar-refractivity contribution < 1.29 is 110 Å². The van der Waals surface area contributed by atoms with E-state index in [0.717, 1.165) is 25.7 Å². The zero-order valence-corrected chi connectivity index (χ0v) is 35.5. The molecule has 1 saturated heterocycles. The number of aliphatic carboxylic acids is 4. The van der Waals surface area contributed by atoms with Crippen LogP contribution in [-0.4, -0.2) is 127 Å². The maximum Gasteiger partial charge on any atom is 2.00 e. The predicted molar refractivity (Wildman–Crippen MR) is 177 cm³/mol. The maximum atomic E-state index is 11.5. The summed E-state index contributed by atoms with van der Waals surface area (Å²) in [5.41, 5.74) is 18.1. The Hall–Kier alpha value is -1.14. The minimum atomic E-state index is -2.27. The van der Waals surface area contributed by atoms with Crippen LogP contribution in [0, 0.1) is 10.8 Å². The van der Waals surface area contributed by atoms with E-state index in [4.69, 9.17) is 51.4 Å². The molecule has 3 aliphatic rings. The third-order valence-corrected chi connectivity index (χ3v) is 9.49. The molecule has 4 atom stereocenters. The van der Waals surface area contributed by atoms with Gasteiger partial charge in [-0.1, -0.05) is 25.7 Å². The van der Waals surface area contributed by atoms with Gasteiger partial charge in [0.1, 0.15) is 0 Å². The van der Waals surface area contributed by atoms with E-state index < -0.39 is 60.4 Å². The SMILES string of the molecule is N[C@@H]1CCCC[C@H]1N.N[C@@H]1CCCC[C@H]1N.O=C([O-])C1(C(=O)[O-])CCOCCOCCOCCC(C(=O)[O-])(C(=O)[O-])CCOCCOCCOCC1.[Pt+2].[Pt+2]. The number of carbonyl (C=O) groups is 4. The van der Waals surface area contributed by atoms with E-state index >= 15 is 0 Å². The van der Waals surface area contributed by atoms with Crippen LogP contribution in [-0.2, 0) is 89.7 Å². The molecule has 0 radical (unpaired) electrons. The van der Waals surface area contributed by atoms with Gasteiger partial charge in [-0.15, -0.1) is 0 Å². The molecule has 320 valence electrons. The molecule has 2 aliphatic carbocycles. The summed E-state index contributed by atoms with van der Waals surface area (Å²) in [6.45, 7) is -0.399. The molecule has 0 bridgehead atoms. The summed E-state index contributed by atoms with van der Waals surface area (Å²) in [5.74, 6) is -7.17. The standard InChI is InChI=1S/C22H36O14.2C6H14N2.2Pt/c23-17(24)21(18(25)26)1-5-31-9-13-35-15-11-33-7-3-22(19(27)28,20(29)30)4-8-34-12-16-36-14-10-32-6-2-21;2*7-5-3-1-2-4-6(5)8;;/h1-16H2,(H,23,24)(H,25,26)(H,27,28)(H,29,30);2*5-6H,1-4,7-8H2;;/q;;;2*+2/p-4/t;2*5-,6-;;/m.11../s1. The predicted octanol–water partition coefficient (Wildman–Crippen LogP) is -4.94. The fourth-order valence-corrected chi connectivity index (χ4v) is 5.68. The molecule has 0 aromatic heterocycles. The van der Waals surface area contributed by atoms with E-state index in [1.807, 2.05) is 0 Å². The fraction of sp³-hybridized carbons (Fsp3) is 0.882. The van der Waals surface area contributed by atoms with E-state index in [9.17, 15) is 39.6 Å². The first kappa shape index (κ1) is 55.0. The van der Waals surface area contributed by atoms with E-state index in [1.54, 1.807) is 0 Å². The number of carboxylic acid groups (broad SMARTS) is 4. The van der Waals surface area contributed by atoms with Gasteiger partial charge in [0.15, 0.2) is 0 Å². The van der Waals surface area contributed by atoms with Gasteiger partial charge in [0.2, 0.25) is 0 Å². The molecule has 18 nitrogen and oxygen atoms in total. The largest absolute Gasteiger partial charge is 2.00 e. The van der Waals surface area contributed by atoms with Crippen molar-refractivity contribution in [1.82, 2.24) is 0 Å². The Kier molecular flexibility index (Phi) is 32.4. The van der Waals surface area contributed by atoms with Gasteiger partial charge in [-0.25, -0.2) is 0 Å². The van der Waals surface area contributed by atoms with E-state index in [1.165, 1.54) is 25.7 Å². The van der Waals surface area contributed by atoms with Gasteiger partial charge in [-0.2, -0.15) is 0 Å². The molecule has 0 aromatic rings. The van der Waals surface area contributed by atoms with Crippen LogP contribution in [0.1, 0.15) is 77.0 Å². The van der Waals surface area contributed by atoms with Gasteiger partial charge in [0.05, 0.1) is 87.6 Å². The van der Waals surface area contributed by atoms with Crippen LogP contribution < -0.4 is 43.4 Å². The average Bonchev–Trinajstić information content (AvgIpc) is 3.09. The summed E-state index contributed by atoms with van der Waals surface area (Å²) in [7, 11) is 0. The molecule has 2 saturated carbocycles. The van der Waals surface area contributed by atoms with Crippen molar-refractivity contribution in [2.45, 2.75) is 101 Å². The molecule has 0 amide bonds. The second kappa shape index (κ2) is 31.9. The number of carbonyl (C=O) groups excluding carboxylic acids is 4. The molecule has 0 aromatic carbocycles. The Balaban J connectivity index is 0. The Morgan fingerprint density at radius 3 is 0.685 bits per heavy atom. The van der Waals surface area contributed by atoms with Crippen molar-refractivity contribution in [3.8, 4) is 0 Å². The molecular formula is C34H60N4O14Pt2. The zero-order valence-electron chi connectivity index (χ0n) is 30.9. The monoisotopic (exact) mass is 1140 g/mol. The van der Waals surface area contributed by atoms with Crippen LogP contribution in [0.15, 0.2) is 0 Å². The summed E-state index contributed by atoms with van der Waals surface area (Å²) in [4.78, 5) is 46.2. The first-order valence-electron chi connectivity index (χ1n) is 18.1. The van der Waals surface area contributed by atoms with Crippen molar-refractivity contribution in [2.24, 2.45) is 33.8 Å². The summed E-state index contributed by atoms with van der Waals surface area (Å²) in [6, 6.07) is 1.12. The minimum absolute atomic E-state index is 0. The molecule has 8 N–H and O–H groups in total. The first-order valence-corrected chi connectivity index (χ1v) is 18.1. The Morgan fingerprint density at radius 1 is 0.370 bits per heavy atom. The van der Waals surface area contributed by atoms with Crippen molar-refractivity contribution in [3.63, 3.8) is 0 Å². The van der Waals surface area contributed by atoms with Gasteiger partial charge in [0.25, 0.3) is 0 Å². The van der Waals surface area contributed by atoms with Gasteiger partial charge in [0, 0.05) is 50.6 Å². The molecular weight excluding hydrogens is 1080 g/mol. The molecule has 1 aliphatic heterocycles. The van der Waals surface area contributed by atoms with E-state index in [-0.39, 0.29) is 146 Å². The van der Waals surface area contributed by atoms with Crippen molar-refractivity contribution in [2.75, 3.05) is 79.3 Å². The van der Waals surface area contributed by atoms with Crippen LogP contribution in [0.4, 0.5) is 0 Å². The molecule has 0 unspecified atom stereocenters. The number of nitrogens with two attached hydrogens (primary N) is 4. The summed E-state index contributed by atoms with van der Waals surface area (Å²) >= 11 is 0. The number of hydrogen-bond acceptors (Lipinski definition) is 18. The minimum Gasteiger partial charge on any atom is -0.549 e. The van der Waals surface area contributed by atoms with Gasteiger partial charge in [-0.05, 0) is 51.4 Å². The fourth-order valence-electron chi connectivity index (χ4n) is 5.68. The number of carboxylic acids is 4. The Morgan fingerprint density at radius 2 is 0.537 bits per heavy atom. The normalized spacial score (nSPS) is 26.7. The zero-order chi connectivity index (χ0) is 38.8. The summed E-state index contributed by atoms with van der Waals surface area (Å²) in [6.07, 6.45) is 8.03. The molecule has 20 heteroatoms. The molecule has 1 heterocycles. The Labute approximate surface area is 346 Å². The van der Waals surface area contributed by atoms with Gasteiger partial charge >= 0.3 is 42.1 Å². The quantitative estimate of drug-likeness (QED) is 0.192. The van der Waals surface area contributed by atoms with Crippen LogP contribution >= 0.6 is 0 Å². The maximum absolute atomic E-state index is 11.5. The smallest absolute Gasteiger partial charge is 0.549 e. The molecule has 3 fully saturated rings. The second-order valence-electron chi connectivity index (χ2n) is 13.2. The summed E-state index contributed by atoms with van der Waals surface area (Å²) in [5, 5.41) is 46.2. The topological polar surface area (TPSA) is 320 Å². The average molecular weight is 1140 g/mol. The van der Waals surface area contributed by atoms with E-state index in [2.05, 4.69) is 0 Å². The van der Waals surface area contributed by atoms with E-state index in [0.29, 0.717) is 0 Å². The van der Waals surface area contributed by atoms with Crippen LogP contribution in [0.3, 0.4) is 0 Å². The van der Waals surface area contributed by atoms with Crippen LogP contribution in [0.2, 0.25) is 0 Å². The molecule has 0 spiro atoms. The molecule has 3 rings (SSSR count). The third-order valence-electron chi connectivity index (χ3n) is 9.49. The van der Waals surface area contributed by atoms with Gasteiger partial charge < -0.3 is 91.0 Å². The number of rotatable bonds is 4. The first-order chi connectivity index (χ1) is 24.8. The van der Waals surface area contributed by atoms with Crippen molar-refractivity contribution in [1.29, 1.82) is 0 Å². The molecule has 54 heavy (non-hydrogen) atoms. The third kappa shape index (κ3) is 21.4. The van der Waals surface area contributed by atoms with Crippen molar-refractivity contribution >= 4 is 23.9 Å². The van der Waals surface area contributed by atoms with Gasteiger partial charge in [-0.3, -0.25) is 0 Å². The van der Waals surface area contributed by atoms with Crippen LogP contribution in [0.25, 0.3) is 0 Å². The number of ether oxygens (including phenoxy) is 6. The number of hydrogen-bond donors (Lipinski definition) is 4.